The average molecular weight is 628 g/mol. The van der Waals surface area contributed by atoms with Gasteiger partial charge in [0.25, 0.3) is 5.91 Å². The third-order valence-electron chi connectivity index (χ3n) is 6.10. The standard InChI is InChI=1S/C26H21Cl3N2O6S2/c27-14-3-5-18(17(29)8-14)37-19-6-4-15(28)9-20(19)36-11-13-12-39-25-22(24(33)31(25)23(13)26(34)35)30-21(32)10-16-2-1-7-38-16/h2-6,8-9,22,25H,1,7,10-12H2,(H,30,32)(H,34,35)/t22-,25-/m1/s1. The highest BCUT2D eigenvalue weighted by Crippen LogP contribution is 2.42. The van der Waals surface area contributed by atoms with Crippen molar-refractivity contribution in [3.63, 3.8) is 0 Å². The molecule has 0 aromatic heterocycles. The second-order valence-corrected chi connectivity index (χ2v) is 12.4. The van der Waals surface area contributed by atoms with Crippen LogP contribution in [0.1, 0.15) is 12.8 Å². The summed E-state index contributed by atoms with van der Waals surface area (Å²) in [6.45, 7) is -0.126. The molecule has 39 heavy (non-hydrogen) atoms. The lowest BCUT2D eigenvalue weighted by Gasteiger charge is -2.49. The van der Waals surface area contributed by atoms with Gasteiger partial charge in [-0.05, 0) is 41.7 Å². The number of rotatable bonds is 9. The third-order valence-corrected chi connectivity index (χ3v) is 9.33. The summed E-state index contributed by atoms with van der Waals surface area (Å²) >= 11 is 21.4. The van der Waals surface area contributed by atoms with Gasteiger partial charge in [-0.2, -0.15) is 0 Å². The fourth-order valence-corrected chi connectivity index (χ4v) is 7.19. The molecule has 2 atom stereocenters. The van der Waals surface area contributed by atoms with Crippen LogP contribution in [0.2, 0.25) is 15.1 Å². The quantitative estimate of drug-likeness (QED) is 0.328. The van der Waals surface area contributed by atoms with E-state index in [-0.39, 0.29) is 30.4 Å². The van der Waals surface area contributed by atoms with Crippen LogP contribution in [0.15, 0.2) is 58.6 Å². The molecule has 0 bridgehead atoms. The lowest BCUT2D eigenvalue weighted by atomic mass is 10.0. The summed E-state index contributed by atoms with van der Waals surface area (Å²) in [5.74, 6) is 0.191. The number of carbonyl (C=O) groups is 3. The van der Waals surface area contributed by atoms with Crippen molar-refractivity contribution >= 4 is 76.1 Å². The molecule has 2 amide bonds. The minimum atomic E-state index is -1.25. The Morgan fingerprint density at radius 2 is 1.82 bits per heavy atom. The predicted octanol–water partition coefficient (Wildman–Crippen LogP) is 5.97. The summed E-state index contributed by atoms with van der Waals surface area (Å²) in [4.78, 5) is 39.8. The van der Waals surface area contributed by atoms with Crippen LogP contribution in [-0.4, -0.2) is 57.3 Å². The normalized spacial score (nSPS) is 20.2. The summed E-state index contributed by atoms with van der Waals surface area (Å²) < 4.78 is 11.9. The summed E-state index contributed by atoms with van der Waals surface area (Å²) in [7, 11) is 0. The highest BCUT2D eigenvalue weighted by molar-refractivity contribution is 8.03. The molecule has 0 spiro atoms. The molecule has 0 aliphatic carbocycles. The highest BCUT2D eigenvalue weighted by Gasteiger charge is 2.54. The molecule has 0 unspecified atom stereocenters. The minimum Gasteiger partial charge on any atom is -0.485 e. The zero-order chi connectivity index (χ0) is 27.7. The first kappa shape index (κ1) is 28.0. The van der Waals surface area contributed by atoms with E-state index in [0.29, 0.717) is 37.9 Å². The topological polar surface area (TPSA) is 105 Å². The van der Waals surface area contributed by atoms with Crippen molar-refractivity contribution in [2.45, 2.75) is 24.3 Å². The number of carboxylic acid groups (broad SMARTS) is 1. The van der Waals surface area contributed by atoms with Gasteiger partial charge in [-0.25, -0.2) is 4.79 Å². The van der Waals surface area contributed by atoms with Gasteiger partial charge in [-0.15, -0.1) is 23.5 Å². The molecule has 1 fully saturated rings. The number of benzene rings is 2. The Morgan fingerprint density at radius 3 is 2.51 bits per heavy atom. The number of nitrogens with one attached hydrogen (secondary N) is 1. The van der Waals surface area contributed by atoms with Gasteiger partial charge in [0.05, 0.1) is 11.4 Å². The van der Waals surface area contributed by atoms with E-state index in [4.69, 9.17) is 44.3 Å². The monoisotopic (exact) mass is 626 g/mol. The molecule has 0 saturated carbocycles. The number of nitrogens with zero attached hydrogens (tertiary/aromatic N) is 1. The zero-order valence-electron chi connectivity index (χ0n) is 20.1. The number of ether oxygens (including phenoxy) is 2. The van der Waals surface area contributed by atoms with Gasteiger partial charge in [-0.3, -0.25) is 14.5 Å². The molecule has 3 aliphatic heterocycles. The Kier molecular flexibility index (Phi) is 8.58. The van der Waals surface area contributed by atoms with Crippen LogP contribution >= 0.6 is 58.3 Å². The van der Waals surface area contributed by atoms with Crippen molar-refractivity contribution in [3.05, 3.63) is 73.7 Å². The van der Waals surface area contributed by atoms with Crippen molar-refractivity contribution in [2.75, 3.05) is 18.1 Å². The number of halogens is 3. The van der Waals surface area contributed by atoms with E-state index in [9.17, 15) is 19.5 Å². The van der Waals surface area contributed by atoms with E-state index >= 15 is 0 Å². The van der Waals surface area contributed by atoms with E-state index in [2.05, 4.69) is 5.32 Å². The molecular weight excluding hydrogens is 607 g/mol. The summed E-state index contributed by atoms with van der Waals surface area (Å²) in [5.41, 5.74) is 0.262. The molecule has 3 aliphatic rings. The van der Waals surface area contributed by atoms with Crippen LogP contribution in [0.3, 0.4) is 0 Å². The first-order valence-electron chi connectivity index (χ1n) is 11.8. The number of amides is 2. The Bertz CT molecular complexity index is 1420. The largest absolute Gasteiger partial charge is 0.485 e. The SMILES string of the molecule is O=C(CC1=CCCS1)N[C@@H]1C(=O)N2C(C(=O)O)=C(COc3cc(Cl)ccc3Oc3ccc(Cl)cc3Cl)CS[C@H]12. The number of β-lactam (4-membered cyclic amide) rings is 1. The van der Waals surface area contributed by atoms with Crippen LogP contribution < -0.4 is 14.8 Å². The molecule has 3 heterocycles. The lowest BCUT2D eigenvalue weighted by molar-refractivity contribution is -0.150. The smallest absolute Gasteiger partial charge is 0.352 e. The predicted molar refractivity (Wildman–Crippen MR) is 153 cm³/mol. The van der Waals surface area contributed by atoms with E-state index in [1.54, 1.807) is 48.2 Å². The number of thioether (sulfide) groups is 2. The maximum absolute atomic E-state index is 12.9. The van der Waals surface area contributed by atoms with Gasteiger partial charge in [0.15, 0.2) is 11.5 Å². The van der Waals surface area contributed by atoms with Gasteiger partial charge in [0.1, 0.15) is 29.5 Å². The number of hydrogen-bond acceptors (Lipinski definition) is 7. The van der Waals surface area contributed by atoms with E-state index in [0.717, 1.165) is 17.1 Å². The molecule has 2 aromatic rings. The Morgan fingerprint density at radius 1 is 1.08 bits per heavy atom. The molecule has 204 valence electrons. The highest BCUT2D eigenvalue weighted by atomic mass is 35.5. The molecule has 13 heteroatoms. The van der Waals surface area contributed by atoms with Crippen molar-refractivity contribution in [3.8, 4) is 17.2 Å². The van der Waals surface area contributed by atoms with E-state index in [1.807, 2.05) is 6.08 Å². The zero-order valence-corrected chi connectivity index (χ0v) is 24.0. The van der Waals surface area contributed by atoms with Gasteiger partial charge in [0, 0.05) is 33.2 Å². The van der Waals surface area contributed by atoms with Crippen molar-refractivity contribution in [1.82, 2.24) is 10.2 Å². The molecule has 1 saturated heterocycles. The van der Waals surface area contributed by atoms with Gasteiger partial charge in [-0.1, -0.05) is 40.9 Å². The van der Waals surface area contributed by atoms with Crippen LogP contribution in [0.5, 0.6) is 17.2 Å². The van der Waals surface area contributed by atoms with Gasteiger partial charge in [0.2, 0.25) is 5.91 Å². The molecule has 2 aromatic carbocycles. The maximum Gasteiger partial charge on any atom is 0.352 e. The van der Waals surface area contributed by atoms with Crippen molar-refractivity contribution in [1.29, 1.82) is 0 Å². The Hall–Kier alpha value is -2.50. The van der Waals surface area contributed by atoms with Crippen LogP contribution in [0, 0.1) is 0 Å². The first-order chi connectivity index (χ1) is 18.7. The minimum absolute atomic E-state index is 0.126. The lowest BCUT2D eigenvalue weighted by Crippen LogP contribution is -2.70. The number of fused-ring (bicyclic) bond motifs is 1. The number of carbonyl (C=O) groups excluding carboxylic acids is 2. The average Bonchev–Trinajstić information content (AvgIpc) is 3.41. The fourth-order valence-electron chi connectivity index (χ4n) is 4.29. The Labute approximate surface area is 247 Å². The molecule has 0 radical (unpaired) electrons. The number of aliphatic carboxylic acids is 1. The maximum atomic E-state index is 12.9. The molecule has 2 N–H and O–H groups in total. The van der Waals surface area contributed by atoms with E-state index < -0.39 is 23.3 Å². The summed E-state index contributed by atoms with van der Waals surface area (Å²) in [6.07, 6.45) is 3.17. The van der Waals surface area contributed by atoms with Crippen LogP contribution in [0.4, 0.5) is 0 Å². The van der Waals surface area contributed by atoms with Gasteiger partial charge >= 0.3 is 5.97 Å². The number of carboxylic acids is 1. The fraction of sp³-hybridized carbons (Fsp3) is 0.269. The second-order valence-electron chi connectivity index (χ2n) is 8.75. The van der Waals surface area contributed by atoms with Crippen molar-refractivity contribution < 1.29 is 29.0 Å². The molecule has 8 nitrogen and oxygen atoms in total. The summed E-state index contributed by atoms with van der Waals surface area (Å²) in [5, 5.41) is 13.4. The van der Waals surface area contributed by atoms with Crippen molar-refractivity contribution in [2.24, 2.45) is 0 Å². The first-order valence-corrected chi connectivity index (χ1v) is 14.9. The number of allylic oxidation sites excluding steroid dienone is 1. The number of hydrogen-bond donors (Lipinski definition) is 2. The van der Waals surface area contributed by atoms with Gasteiger partial charge < -0.3 is 19.9 Å². The third kappa shape index (κ3) is 6.15. The molecule has 5 rings (SSSR count). The molecular formula is C26H21Cl3N2O6S2. The van der Waals surface area contributed by atoms with Crippen LogP contribution in [0.25, 0.3) is 0 Å². The van der Waals surface area contributed by atoms with E-state index in [1.165, 1.54) is 16.7 Å². The van der Waals surface area contributed by atoms with Crippen LogP contribution in [-0.2, 0) is 14.4 Å². The Balaban J connectivity index is 1.30. The summed E-state index contributed by atoms with van der Waals surface area (Å²) in [6, 6.07) is 8.77. The second kappa shape index (κ2) is 11.9.